The van der Waals surface area contributed by atoms with Crippen LogP contribution in [0.25, 0.3) is 11.0 Å². The van der Waals surface area contributed by atoms with Crippen LogP contribution < -0.4 is 4.74 Å². The van der Waals surface area contributed by atoms with Gasteiger partial charge in [-0.05, 0) is 42.3 Å². The van der Waals surface area contributed by atoms with E-state index in [0.29, 0.717) is 12.0 Å². The number of nitrogens with one attached hydrogen (secondary N) is 1. The lowest BCUT2D eigenvalue weighted by atomic mass is 10.1. The monoisotopic (exact) mass is 324 g/mol. The number of H-pyrrole nitrogens is 1. The van der Waals surface area contributed by atoms with Gasteiger partial charge in [-0.25, -0.2) is 9.78 Å². The van der Waals surface area contributed by atoms with Gasteiger partial charge in [0.25, 0.3) is 0 Å². The van der Waals surface area contributed by atoms with Crippen LogP contribution in [0, 0.1) is 0 Å². The van der Waals surface area contributed by atoms with E-state index in [2.05, 4.69) is 16.9 Å². The van der Waals surface area contributed by atoms with Crippen molar-refractivity contribution in [1.82, 2.24) is 9.97 Å². The zero-order chi connectivity index (χ0) is 16.9. The minimum atomic E-state index is -0.351. The van der Waals surface area contributed by atoms with Crippen LogP contribution in [0.2, 0.25) is 0 Å². The van der Waals surface area contributed by atoms with Crippen molar-refractivity contribution >= 4 is 17.0 Å². The standard InChI is InChI=1S/C19H20N2O3/c1-3-10-24-15-7-4-13(5-8-15)11-18-20-16-9-6-14(19(22)23-2)12-17(16)21-18/h4-9,12H,3,10-11H2,1-2H3,(H,20,21). The van der Waals surface area contributed by atoms with E-state index in [1.165, 1.54) is 7.11 Å². The molecule has 24 heavy (non-hydrogen) atoms. The number of carbonyl (C=O) groups is 1. The number of carbonyl (C=O) groups excluding carboxylic acids is 1. The second-order valence-corrected chi connectivity index (χ2v) is 5.58. The molecule has 0 unspecified atom stereocenters. The summed E-state index contributed by atoms with van der Waals surface area (Å²) < 4.78 is 10.3. The van der Waals surface area contributed by atoms with Gasteiger partial charge in [0.05, 0.1) is 30.3 Å². The molecule has 5 heteroatoms. The predicted octanol–water partition coefficient (Wildman–Crippen LogP) is 3.73. The van der Waals surface area contributed by atoms with E-state index in [1.54, 1.807) is 12.1 Å². The zero-order valence-electron chi connectivity index (χ0n) is 13.8. The van der Waals surface area contributed by atoms with Crippen LogP contribution in [0.5, 0.6) is 5.75 Å². The first-order chi connectivity index (χ1) is 11.7. The van der Waals surface area contributed by atoms with Gasteiger partial charge in [-0.3, -0.25) is 0 Å². The molecule has 0 saturated heterocycles. The topological polar surface area (TPSA) is 64.2 Å². The molecule has 0 fully saturated rings. The van der Waals surface area contributed by atoms with E-state index < -0.39 is 0 Å². The molecular formula is C19H20N2O3. The van der Waals surface area contributed by atoms with Crippen LogP contribution in [0.1, 0.15) is 35.1 Å². The highest BCUT2D eigenvalue weighted by molar-refractivity contribution is 5.93. The second kappa shape index (κ2) is 7.17. The third kappa shape index (κ3) is 3.56. The van der Waals surface area contributed by atoms with Gasteiger partial charge in [-0.2, -0.15) is 0 Å². The number of imidazole rings is 1. The summed E-state index contributed by atoms with van der Waals surface area (Å²) in [6.07, 6.45) is 1.69. The lowest BCUT2D eigenvalue weighted by Gasteiger charge is -2.05. The van der Waals surface area contributed by atoms with Gasteiger partial charge >= 0.3 is 5.97 Å². The Balaban J connectivity index is 1.76. The van der Waals surface area contributed by atoms with Gasteiger partial charge in [0.2, 0.25) is 0 Å². The Morgan fingerprint density at radius 3 is 2.67 bits per heavy atom. The minimum Gasteiger partial charge on any atom is -0.494 e. The summed E-state index contributed by atoms with van der Waals surface area (Å²) in [6.45, 7) is 2.81. The SMILES string of the molecule is CCCOc1ccc(Cc2nc3ccc(C(=O)OC)cc3[nH]2)cc1. The number of fused-ring (bicyclic) bond motifs is 1. The molecule has 0 bridgehead atoms. The highest BCUT2D eigenvalue weighted by atomic mass is 16.5. The highest BCUT2D eigenvalue weighted by Crippen LogP contribution is 2.18. The Morgan fingerprint density at radius 1 is 1.17 bits per heavy atom. The Hall–Kier alpha value is -2.82. The van der Waals surface area contributed by atoms with Gasteiger partial charge in [0, 0.05) is 6.42 Å². The molecule has 124 valence electrons. The lowest BCUT2D eigenvalue weighted by molar-refractivity contribution is 0.0601. The second-order valence-electron chi connectivity index (χ2n) is 5.58. The normalized spacial score (nSPS) is 10.8. The van der Waals surface area contributed by atoms with Crippen molar-refractivity contribution in [3.63, 3.8) is 0 Å². The maximum absolute atomic E-state index is 11.6. The summed E-state index contributed by atoms with van der Waals surface area (Å²) in [6, 6.07) is 13.3. The van der Waals surface area contributed by atoms with Crippen LogP contribution in [-0.4, -0.2) is 29.7 Å². The van der Waals surface area contributed by atoms with Crippen molar-refractivity contribution < 1.29 is 14.3 Å². The molecule has 1 N–H and O–H groups in total. The van der Waals surface area contributed by atoms with Crippen molar-refractivity contribution in [2.75, 3.05) is 13.7 Å². The van der Waals surface area contributed by atoms with Crippen molar-refractivity contribution in [2.45, 2.75) is 19.8 Å². The summed E-state index contributed by atoms with van der Waals surface area (Å²) in [4.78, 5) is 19.4. The molecule has 3 aromatic rings. The van der Waals surface area contributed by atoms with Gasteiger partial charge < -0.3 is 14.5 Å². The van der Waals surface area contributed by atoms with Gasteiger partial charge in [0.15, 0.2) is 0 Å². The molecule has 0 saturated carbocycles. The maximum atomic E-state index is 11.6. The molecule has 0 aliphatic carbocycles. The van der Waals surface area contributed by atoms with E-state index in [0.717, 1.165) is 41.2 Å². The zero-order valence-corrected chi connectivity index (χ0v) is 13.8. The third-order valence-corrected chi connectivity index (χ3v) is 3.72. The van der Waals surface area contributed by atoms with Crippen molar-refractivity contribution in [1.29, 1.82) is 0 Å². The predicted molar refractivity (Wildman–Crippen MR) is 92.5 cm³/mol. The van der Waals surface area contributed by atoms with Crippen molar-refractivity contribution in [2.24, 2.45) is 0 Å². The van der Waals surface area contributed by atoms with Crippen molar-refractivity contribution in [3.05, 3.63) is 59.4 Å². The van der Waals surface area contributed by atoms with Crippen LogP contribution >= 0.6 is 0 Å². The van der Waals surface area contributed by atoms with Crippen LogP contribution in [0.4, 0.5) is 0 Å². The van der Waals surface area contributed by atoms with E-state index in [9.17, 15) is 4.79 Å². The van der Waals surface area contributed by atoms with Crippen LogP contribution in [0.3, 0.4) is 0 Å². The summed E-state index contributed by atoms with van der Waals surface area (Å²) in [5.74, 6) is 1.39. The Bertz CT molecular complexity index is 837. The summed E-state index contributed by atoms with van der Waals surface area (Å²) >= 11 is 0. The molecular weight excluding hydrogens is 304 g/mol. The molecule has 2 aromatic carbocycles. The fourth-order valence-corrected chi connectivity index (χ4v) is 2.51. The van der Waals surface area contributed by atoms with Gasteiger partial charge in [-0.1, -0.05) is 19.1 Å². The number of hydrogen-bond donors (Lipinski definition) is 1. The number of aromatic amines is 1. The molecule has 1 heterocycles. The minimum absolute atomic E-state index is 0.351. The van der Waals surface area contributed by atoms with E-state index >= 15 is 0 Å². The van der Waals surface area contributed by atoms with E-state index in [-0.39, 0.29) is 5.97 Å². The molecule has 1 aromatic heterocycles. The molecule has 0 aliphatic rings. The number of aromatic nitrogens is 2. The number of esters is 1. The van der Waals surface area contributed by atoms with Gasteiger partial charge in [0.1, 0.15) is 11.6 Å². The van der Waals surface area contributed by atoms with Crippen LogP contribution in [0.15, 0.2) is 42.5 Å². The first-order valence-corrected chi connectivity index (χ1v) is 7.98. The Labute approximate surface area is 140 Å². The fraction of sp³-hybridized carbons (Fsp3) is 0.263. The highest BCUT2D eigenvalue weighted by Gasteiger charge is 2.09. The molecule has 0 aliphatic heterocycles. The lowest BCUT2D eigenvalue weighted by Crippen LogP contribution is -2.00. The van der Waals surface area contributed by atoms with Crippen molar-refractivity contribution in [3.8, 4) is 5.75 Å². The number of rotatable bonds is 6. The molecule has 3 rings (SSSR count). The quantitative estimate of drug-likeness (QED) is 0.702. The summed E-state index contributed by atoms with van der Waals surface area (Å²) in [7, 11) is 1.37. The molecule has 0 spiro atoms. The number of methoxy groups -OCH3 is 1. The third-order valence-electron chi connectivity index (χ3n) is 3.72. The van der Waals surface area contributed by atoms with Crippen LogP contribution in [-0.2, 0) is 11.2 Å². The number of ether oxygens (including phenoxy) is 2. The fourth-order valence-electron chi connectivity index (χ4n) is 2.51. The average molecular weight is 324 g/mol. The Morgan fingerprint density at radius 2 is 1.96 bits per heavy atom. The van der Waals surface area contributed by atoms with E-state index in [4.69, 9.17) is 9.47 Å². The number of hydrogen-bond acceptors (Lipinski definition) is 4. The summed E-state index contributed by atoms with van der Waals surface area (Å²) in [5, 5.41) is 0. The maximum Gasteiger partial charge on any atom is 0.337 e. The van der Waals surface area contributed by atoms with Gasteiger partial charge in [-0.15, -0.1) is 0 Å². The first-order valence-electron chi connectivity index (χ1n) is 7.98. The van der Waals surface area contributed by atoms with E-state index in [1.807, 2.05) is 30.3 Å². The molecule has 0 radical (unpaired) electrons. The summed E-state index contributed by atoms with van der Waals surface area (Å²) in [5.41, 5.74) is 3.32. The largest absolute Gasteiger partial charge is 0.494 e. The molecule has 0 amide bonds. The number of nitrogens with zero attached hydrogens (tertiary/aromatic N) is 1. The Kier molecular flexibility index (Phi) is 4.79. The molecule has 5 nitrogen and oxygen atoms in total. The average Bonchev–Trinajstić information content (AvgIpc) is 3.01. The first kappa shape index (κ1) is 16.1. The smallest absolute Gasteiger partial charge is 0.337 e. The number of benzene rings is 2. The molecule has 0 atom stereocenters.